The number of aromatic nitrogens is 1. The van der Waals surface area contributed by atoms with Crippen molar-refractivity contribution in [2.45, 2.75) is 25.8 Å². The number of aromatic amines is 1. The average Bonchev–Trinajstić information content (AvgIpc) is 3.40. The van der Waals surface area contributed by atoms with Gasteiger partial charge >= 0.3 is 0 Å². The summed E-state index contributed by atoms with van der Waals surface area (Å²) in [6, 6.07) is 11.2. The fourth-order valence-corrected chi connectivity index (χ4v) is 3.92. The second kappa shape index (κ2) is 7.64. The number of rotatable bonds is 4. The summed E-state index contributed by atoms with van der Waals surface area (Å²) in [4.78, 5) is 20.1. The summed E-state index contributed by atoms with van der Waals surface area (Å²) < 4.78 is 5.32. The Morgan fingerprint density at radius 1 is 1.04 bits per heavy atom. The zero-order chi connectivity index (χ0) is 17.9. The molecule has 4 rings (SSSR count). The quantitative estimate of drug-likeness (QED) is 0.917. The molecule has 2 aromatic rings. The molecule has 2 saturated heterocycles. The van der Waals surface area contributed by atoms with E-state index in [1.807, 2.05) is 17.2 Å². The van der Waals surface area contributed by atoms with Gasteiger partial charge in [0.1, 0.15) is 5.69 Å². The van der Waals surface area contributed by atoms with Gasteiger partial charge in [-0.15, -0.1) is 0 Å². The van der Waals surface area contributed by atoms with Gasteiger partial charge < -0.3 is 14.6 Å². The lowest BCUT2D eigenvalue weighted by Crippen LogP contribution is -2.40. The molecule has 138 valence electrons. The van der Waals surface area contributed by atoms with Gasteiger partial charge in [0.25, 0.3) is 5.91 Å². The monoisotopic (exact) mass is 353 g/mol. The largest absolute Gasteiger partial charge is 0.378 e. The van der Waals surface area contributed by atoms with E-state index in [1.165, 1.54) is 31.5 Å². The molecule has 1 amide bonds. The minimum absolute atomic E-state index is 0.0545. The first-order chi connectivity index (χ1) is 12.7. The summed E-state index contributed by atoms with van der Waals surface area (Å²) in [5.74, 6) is 0.0545. The van der Waals surface area contributed by atoms with Crippen LogP contribution in [0.5, 0.6) is 0 Å². The molecular weight excluding hydrogens is 326 g/mol. The van der Waals surface area contributed by atoms with E-state index < -0.39 is 0 Å². The van der Waals surface area contributed by atoms with Crippen LogP contribution in [0.15, 0.2) is 36.5 Å². The number of morpholine rings is 1. The first kappa shape index (κ1) is 17.3. The van der Waals surface area contributed by atoms with Gasteiger partial charge in [-0.05, 0) is 55.6 Å². The summed E-state index contributed by atoms with van der Waals surface area (Å²) in [6.07, 6.45) is 4.55. The molecule has 5 heteroatoms. The molecule has 0 aliphatic carbocycles. The molecule has 0 saturated carbocycles. The molecule has 2 aliphatic rings. The molecule has 1 aromatic carbocycles. The van der Waals surface area contributed by atoms with Crippen LogP contribution in [0.2, 0.25) is 0 Å². The zero-order valence-electron chi connectivity index (χ0n) is 15.4. The maximum atomic E-state index is 12.6. The van der Waals surface area contributed by atoms with Gasteiger partial charge in [-0.1, -0.05) is 24.3 Å². The molecule has 5 nitrogen and oxygen atoms in total. The predicted molar refractivity (Wildman–Crippen MR) is 102 cm³/mol. The number of amides is 1. The minimum atomic E-state index is 0.0545. The molecule has 0 bridgehead atoms. The highest BCUT2D eigenvalue weighted by molar-refractivity contribution is 5.94. The van der Waals surface area contributed by atoms with Gasteiger partial charge in [-0.25, -0.2) is 0 Å². The van der Waals surface area contributed by atoms with Gasteiger partial charge in [0, 0.05) is 25.3 Å². The summed E-state index contributed by atoms with van der Waals surface area (Å²) >= 11 is 0. The van der Waals surface area contributed by atoms with Crippen molar-refractivity contribution in [1.82, 2.24) is 14.8 Å². The average molecular weight is 353 g/mol. The number of nitrogens with zero attached hydrogens (tertiary/aromatic N) is 2. The molecule has 2 fully saturated rings. The van der Waals surface area contributed by atoms with Crippen molar-refractivity contribution in [3.8, 4) is 11.1 Å². The standard InChI is InChI=1S/C21H27N3O2/c1-16(23-8-2-3-9-23)17-4-6-18(7-5-17)19-14-20(22-15-19)21(25)24-10-12-26-13-11-24/h4-7,14-16,22H,2-3,8-13H2,1H3. The smallest absolute Gasteiger partial charge is 0.270 e. The van der Waals surface area contributed by atoms with E-state index in [0.717, 1.165) is 11.1 Å². The van der Waals surface area contributed by atoms with E-state index in [0.29, 0.717) is 38.0 Å². The number of benzene rings is 1. The SMILES string of the molecule is CC(c1ccc(-c2c[nH]c(C(=O)N3CCOCC3)c2)cc1)N1CCCC1. The van der Waals surface area contributed by atoms with Crippen molar-refractivity contribution in [3.05, 3.63) is 47.8 Å². The molecule has 3 heterocycles. The van der Waals surface area contributed by atoms with E-state index in [1.54, 1.807) is 0 Å². The number of hydrogen-bond acceptors (Lipinski definition) is 3. The highest BCUT2D eigenvalue weighted by Crippen LogP contribution is 2.27. The first-order valence-electron chi connectivity index (χ1n) is 9.62. The number of hydrogen-bond donors (Lipinski definition) is 1. The number of ether oxygens (including phenoxy) is 1. The third-order valence-corrected chi connectivity index (χ3v) is 5.63. The van der Waals surface area contributed by atoms with E-state index in [-0.39, 0.29) is 5.91 Å². The van der Waals surface area contributed by atoms with Crippen molar-refractivity contribution >= 4 is 5.91 Å². The van der Waals surface area contributed by atoms with Crippen LogP contribution in [0.4, 0.5) is 0 Å². The van der Waals surface area contributed by atoms with Crippen molar-refractivity contribution in [1.29, 1.82) is 0 Å². The molecule has 1 atom stereocenters. The van der Waals surface area contributed by atoms with Gasteiger partial charge in [-0.2, -0.15) is 0 Å². The van der Waals surface area contributed by atoms with Crippen LogP contribution in [0, 0.1) is 0 Å². The molecule has 1 unspecified atom stereocenters. The number of carbonyl (C=O) groups excluding carboxylic acids is 1. The van der Waals surface area contributed by atoms with Crippen LogP contribution in [0.1, 0.15) is 41.9 Å². The Balaban J connectivity index is 1.46. The Morgan fingerprint density at radius 2 is 1.73 bits per heavy atom. The Bertz CT molecular complexity index is 741. The Labute approximate surface area is 154 Å². The predicted octanol–water partition coefficient (Wildman–Crippen LogP) is 3.31. The number of H-pyrrole nitrogens is 1. The maximum absolute atomic E-state index is 12.6. The van der Waals surface area contributed by atoms with Crippen molar-refractivity contribution in [3.63, 3.8) is 0 Å². The number of carbonyl (C=O) groups is 1. The van der Waals surface area contributed by atoms with Crippen LogP contribution in [0.3, 0.4) is 0 Å². The van der Waals surface area contributed by atoms with Gasteiger partial charge in [0.05, 0.1) is 13.2 Å². The Hall–Kier alpha value is -2.11. The maximum Gasteiger partial charge on any atom is 0.270 e. The lowest BCUT2D eigenvalue weighted by molar-refractivity contribution is 0.0299. The summed E-state index contributed by atoms with van der Waals surface area (Å²) in [7, 11) is 0. The molecule has 26 heavy (non-hydrogen) atoms. The fraction of sp³-hybridized carbons (Fsp3) is 0.476. The Kier molecular flexibility index (Phi) is 5.09. The van der Waals surface area contributed by atoms with Crippen LogP contribution in [0.25, 0.3) is 11.1 Å². The minimum Gasteiger partial charge on any atom is -0.378 e. The lowest BCUT2D eigenvalue weighted by Gasteiger charge is -2.26. The van der Waals surface area contributed by atoms with Gasteiger partial charge in [0.15, 0.2) is 0 Å². The third-order valence-electron chi connectivity index (χ3n) is 5.63. The second-order valence-electron chi connectivity index (χ2n) is 7.25. The summed E-state index contributed by atoms with van der Waals surface area (Å²) in [5, 5.41) is 0. The number of likely N-dealkylation sites (tertiary alicyclic amines) is 1. The molecule has 0 spiro atoms. The van der Waals surface area contributed by atoms with E-state index in [4.69, 9.17) is 4.74 Å². The van der Waals surface area contributed by atoms with Crippen molar-refractivity contribution in [2.24, 2.45) is 0 Å². The van der Waals surface area contributed by atoms with E-state index >= 15 is 0 Å². The molecule has 2 aliphatic heterocycles. The van der Waals surface area contributed by atoms with Crippen LogP contribution in [-0.4, -0.2) is 60.1 Å². The van der Waals surface area contributed by atoms with E-state index in [9.17, 15) is 4.79 Å². The summed E-state index contributed by atoms with van der Waals surface area (Å²) in [6.45, 7) is 7.26. The third kappa shape index (κ3) is 3.55. The van der Waals surface area contributed by atoms with E-state index in [2.05, 4.69) is 41.1 Å². The normalized spacial score (nSPS) is 19.7. The molecule has 0 radical (unpaired) electrons. The molecule has 1 aromatic heterocycles. The fourth-order valence-electron chi connectivity index (χ4n) is 3.92. The topological polar surface area (TPSA) is 48.6 Å². The van der Waals surface area contributed by atoms with Crippen molar-refractivity contribution in [2.75, 3.05) is 39.4 Å². The lowest BCUT2D eigenvalue weighted by atomic mass is 10.0. The zero-order valence-corrected chi connectivity index (χ0v) is 15.4. The Morgan fingerprint density at radius 3 is 2.42 bits per heavy atom. The number of nitrogens with one attached hydrogen (secondary N) is 1. The second-order valence-corrected chi connectivity index (χ2v) is 7.25. The highest BCUT2D eigenvalue weighted by atomic mass is 16.5. The van der Waals surface area contributed by atoms with Gasteiger partial charge in [0.2, 0.25) is 0 Å². The summed E-state index contributed by atoms with van der Waals surface area (Å²) in [5.41, 5.74) is 4.20. The van der Waals surface area contributed by atoms with Crippen molar-refractivity contribution < 1.29 is 9.53 Å². The first-order valence-corrected chi connectivity index (χ1v) is 9.62. The molecular formula is C21H27N3O2. The van der Waals surface area contributed by atoms with Gasteiger partial charge in [-0.3, -0.25) is 9.69 Å². The van der Waals surface area contributed by atoms with Crippen LogP contribution < -0.4 is 0 Å². The molecule has 1 N–H and O–H groups in total. The van der Waals surface area contributed by atoms with Crippen LogP contribution in [-0.2, 0) is 4.74 Å². The highest BCUT2D eigenvalue weighted by Gasteiger charge is 2.21. The van der Waals surface area contributed by atoms with Crippen LogP contribution >= 0.6 is 0 Å².